The topological polar surface area (TPSA) is 161 Å². The Balaban J connectivity index is 1.99. The molecule has 0 saturated carbocycles. The Labute approximate surface area is 163 Å². The van der Waals surface area contributed by atoms with E-state index in [9.17, 15) is 19.2 Å². The molecule has 2 rings (SSSR count). The fourth-order valence-electron chi connectivity index (χ4n) is 2.12. The van der Waals surface area contributed by atoms with E-state index < -0.39 is 29.7 Å². The zero-order valence-electron chi connectivity index (χ0n) is 14.8. The van der Waals surface area contributed by atoms with Crippen molar-refractivity contribution in [2.45, 2.75) is 18.9 Å². The first-order valence-corrected chi connectivity index (χ1v) is 8.91. The van der Waals surface area contributed by atoms with Crippen LogP contribution in [-0.2, 0) is 9.59 Å². The molecule has 1 aromatic heterocycles. The van der Waals surface area contributed by atoms with Crippen molar-refractivity contribution in [1.82, 2.24) is 10.3 Å². The average Bonchev–Trinajstić information content (AvgIpc) is 3.13. The van der Waals surface area contributed by atoms with E-state index in [0.29, 0.717) is 11.3 Å². The highest BCUT2D eigenvalue weighted by Gasteiger charge is 2.22. The quantitative estimate of drug-likeness (QED) is 0.480. The Bertz CT molecular complexity index is 880. The summed E-state index contributed by atoms with van der Waals surface area (Å²) in [7, 11) is 1.51. The minimum absolute atomic E-state index is 0.0552. The number of nitrogens with zero attached hydrogens (tertiary/aromatic N) is 1. The van der Waals surface area contributed by atoms with Gasteiger partial charge in [-0.15, -0.1) is 11.3 Å². The van der Waals surface area contributed by atoms with E-state index in [2.05, 4.69) is 15.6 Å². The number of aromatic nitrogens is 1. The SMILES string of the molecule is COc1ccc(C(=O)Nc2nc(C(=O)NC(CCC(N)=O)C(=O)O)cs2)cc1. The number of nitrogens with two attached hydrogens (primary N) is 1. The van der Waals surface area contributed by atoms with Crippen LogP contribution in [0.25, 0.3) is 0 Å². The normalized spacial score (nSPS) is 11.3. The molecule has 3 amide bonds. The van der Waals surface area contributed by atoms with Gasteiger partial charge >= 0.3 is 5.97 Å². The highest BCUT2D eigenvalue weighted by Crippen LogP contribution is 2.18. The fourth-order valence-corrected chi connectivity index (χ4v) is 2.81. The third-order valence-electron chi connectivity index (χ3n) is 3.59. The van der Waals surface area contributed by atoms with Crippen molar-refractivity contribution in [3.8, 4) is 5.75 Å². The first kappa shape index (κ1) is 20.8. The maximum atomic E-state index is 12.2. The molecular formula is C17H18N4O6S. The van der Waals surface area contributed by atoms with Gasteiger partial charge in [-0.2, -0.15) is 0 Å². The van der Waals surface area contributed by atoms with Crippen LogP contribution >= 0.6 is 11.3 Å². The second kappa shape index (κ2) is 9.46. The molecule has 28 heavy (non-hydrogen) atoms. The van der Waals surface area contributed by atoms with Gasteiger partial charge in [0.1, 0.15) is 17.5 Å². The summed E-state index contributed by atoms with van der Waals surface area (Å²) in [5.41, 5.74) is 5.31. The van der Waals surface area contributed by atoms with Crippen molar-refractivity contribution >= 4 is 40.2 Å². The standard InChI is InChI=1S/C17H18N4O6S/c1-27-10-4-2-9(3-5-10)14(23)21-17-20-12(8-28-17)15(24)19-11(16(25)26)6-7-13(18)22/h2-5,8,11H,6-7H2,1H3,(H2,18,22)(H,19,24)(H,25,26)(H,20,21,23). The number of carboxylic acid groups (broad SMARTS) is 1. The number of primary amides is 1. The number of hydrogen-bond donors (Lipinski definition) is 4. The predicted octanol–water partition coefficient (Wildman–Crippen LogP) is 0.852. The number of hydrogen-bond acceptors (Lipinski definition) is 7. The molecule has 1 unspecified atom stereocenters. The highest BCUT2D eigenvalue weighted by atomic mass is 32.1. The molecule has 148 valence electrons. The van der Waals surface area contributed by atoms with E-state index in [0.717, 1.165) is 11.3 Å². The Hall–Kier alpha value is -3.47. The minimum Gasteiger partial charge on any atom is -0.497 e. The van der Waals surface area contributed by atoms with Crippen molar-refractivity contribution in [2.75, 3.05) is 12.4 Å². The van der Waals surface area contributed by atoms with Crippen LogP contribution in [-0.4, -0.2) is 46.9 Å². The van der Waals surface area contributed by atoms with Gasteiger partial charge in [-0.25, -0.2) is 9.78 Å². The molecule has 0 aliphatic rings. The summed E-state index contributed by atoms with van der Waals surface area (Å²) in [6.07, 6.45) is -0.320. The van der Waals surface area contributed by atoms with E-state index in [1.165, 1.54) is 12.5 Å². The monoisotopic (exact) mass is 406 g/mol. The van der Waals surface area contributed by atoms with Gasteiger partial charge in [0, 0.05) is 17.4 Å². The predicted molar refractivity (Wildman–Crippen MR) is 100 cm³/mol. The molecule has 5 N–H and O–H groups in total. The number of carboxylic acids is 1. The van der Waals surface area contributed by atoms with Gasteiger partial charge in [0.15, 0.2) is 5.13 Å². The Morgan fingerprint density at radius 3 is 2.46 bits per heavy atom. The second-order valence-electron chi connectivity index (χ2n) is 5.59. The number of benzene rings is 1. The number of carbonyl (C=O) groups excluding carboxylic acids is 3. The Morgan fingerprint density at radius 1 is 1.21 bits per heavy atom. The summed E-state index contributed by atoms with van der Waals surface area (Å²) >= 11 is 1.01. The van der Waals surface area contributed by atoms with Crippen molar-refractivity contribution in [1.29, 1.82) is 0 Å². The molecule has 10 nitrogen and oxygen atoms in total. The molecule has 0 spiro atoms. The van der Waals surface area contributed by atoms with E-state index in [1.807, 2.05) is 0 Å². The van der Waals surface area contributed by atoms with Gasteiger partial charge in [-0.05, 0) is 30.7 Å². The minimum atomic E-state index is -1.29. The van der Waals surface area contributed by atoms with Gasteiger partial charge in [0.2, 0.25) is 5.91 Å². The van der Waals surface area contributed by atoms with Crippen LogP contribution in [0.15, 0.2) is 29.6 Å². The summed E-state index contributed by atoms with van der Waals surface area (Å²) in [6, 6.07) is 5.14. The summed E-state index contributed by atoms with van der Waals surface area (Å²) < 4.78 is 5.02. The molecular weight excluding hydrogens is 388 g/mol. The molecule has 0 bridgehead atoms. The average molecular weight is 406 g/mol. The number of nitrogens with one attached hydrogen (secondary N) is 2. The largest absolute Gasteiger partial charge is 0.497 e. The summed E-state index contributed by atoms with van der Waals surface area (Å²) in [6.45, 7) is 0. The number of thiazole rings is 1. The summed E-state index contributed by atoms with van der Waals surface area (Å²) in [5.74, 6) is -2.52. The molecule has 0 aliphatic heterocycles. The van der Waals surface area contributed by atoms with E-state index >= 15 is 0 Å². The summed E-state index contributed by atoms with van der Waals surface area (Å²) in [5, 5.41) is 15.5. The van der Waals surface area contributed by atoms with Crippen LogP contribution in [0.4, 0.5) is 5.13 Å². The highest BCUT2D eigenvalue weighted by molar-refractivity contribution is 7.14. The molecule has 1 aromatic carbocycles. The number of anilines is 1. The van der Waals surface area contributed by atoms with E-state index in [1.54, 1.807) is 24.3 Å². The van der Waals surface area contributed by atoms with Crippen LogP contribution < -0.4 is 21.1 Å². The second-order valence-corrected chi connectivity index (χ2v) is 6.45. The third kappa shape index (κ3) is 5.77. The molecule has 1 atom stereocenters. The van der Waals surface area contributed by atoms with Crippen LogP contribution in [0.5, 0.6) is 5.75 Å². The van der Waals surface area contributed by atoms with Crippen LogP contribution in [0.3, 0.4) is 0 Å². The third-order valence-corrected chi connectivity index (χ3v) is 4.35. The first-order chi connectivity index (χ1) is 13.3. The molecule has 0 radical (unpaired) electrons. The van der Waals surface area contributed by atoms with Gasteiger partial charge in [-0.3, -0.25) is 19.7 Å². The molecule has 2 aromatic rings. The lowest BCUT2D eigenvalue weighted by molar-refractivity contribution is -0.139. The molecule has 0 aliphatic carbocycles. The van der Waals surface area contributed by atoms with Gasteiger partial charge in [-0.1, -0.05) is 0 Å². The van der Waals surface area contributed by atoms with Crippen LogP contribution in [0.2, 0.25) is 0 Å². The lowest BCUT2D eigenvalue weighted by atomic mass is 10.1. The van der Waals surface area contributed by atoms with E-state index in [-0.39, 0.29) is 23.7 Å². The van der Waals surface area contributed by atoms with Gasteiger partial charge < -0.3 is 20.9 Å². The maximum Gasteiger partial charge on any atom is 0.326 e. The molecule has 0 saturated heterocycles. The van der Waals surface area contributed by atoms with Crippen molar-refractivity contribution in [2.24, 2.45) is 5.73 Å². The zero-order chi connectivity index (χ0) is 20.7. The van der Waals surface area contributed by atoms with E-state index in [4.69, 9.17) is 15.6 Å². The van der Waals surface area contributed by atoms with Crippen LogP contribution in [0, 0.1) is 0 Å². The Morgan fingerprint density at radius 2 is 1.89 bits per heavy atom. The molecule has 0 fully saturated rings. The molecule has 11 heteroatoms. The van der Waals surface area contributed by atoms with Crippen molar-refractivity contribution in [3.63, 3.8) is 0 Å². The number of aliphatic carboxylic acids is 1. The number of rotatable bonds is 9. The van der Waals surface area contributed by atoms with Gasteiger partial charge in [0.05, 0.1) is 7.11 Å². The number of carbonyl (C=O) groups is 4. The number of amides is 3. The number of ether oxygens (including phenoxy) is 1. The smallest absolute Gasteiger partial charge is 0.326 e. The fraction of sp³-hybridized carbons (Fsp3) is 0.235. The lowest BCUT2D eigenvalue weighted by Gasteiger charge is -2.12. The van der Waals surface area contributed by atoms with Crippen LogP contribution in [0.1, 0.15) is 33.7 Å². The van der Waals surface area contributed by atoms with Crippen molar-refractivity contribution < 1.29 is 29.0 Å². The summed E-state index contributed by atoms with van der Waals surface area (Å²) in [4.78, 5) is 50.3. The Kier molecular flexibility index (Phi) is 7.04. The van der Waals surface area contributed by atoms with Gasteiger partial charge in [0.25, 0.3) is 11.8 Å². The number of methoxy groups -OCH3 is 1. The molecule has 1 heterocycles. The first-order valence-electron chi connectivity index (χ1n) is 8.03. The lowest BCUT2D eigenvalue weighted by Crippen LogP contribution is -2.41. The maximum absolute atomic E-state index is 12.2. The van der Waals surface area contributed by atoms with Crippen molar-refractivity contribution in [3.05, 3.63) is 40.9 Å². The zero-order valence-corrected chi connectivity index (χ0v) is 15.6.